The molecule has 4 rings (SSSR count). The van der Waals surface area contributed by atoms with E-state index in [-0.39, 0.29) is 16.4 Å². The van der Waals surface area contributed by atoms with Gasteiger partial charge in [-0.05, 0) is 61.5 Å². The molecule has 176 valence electrons. The predicted molar refractivity (Wildman–Crippen MR) is 127 cm³/mol. The summed E-state index contributed by atoms with van der Waals surface area (Å²) in [5.74, 6) is -0.175. The number of carbonyl (C=O) groups is 1. The minimum atomic E-state index is -4.68. The highest BCUT2D eigenvalue weighted by molar-refractivity contribution is 7.21. The second kappa shape index (κ2) is 9.87. The fraction of sp³-hybridized carbons (Fsp3) is 0.192. The van der Waals surface area contributed by atoms with Gasteiger partial charge >= 0.3 is 6.18 Å². The zero-order valence-corrected chi connectivity index (χ0v) is 19.1. The number of thiophene rings is 1. The van der Waals surface area contributed by atoms with E-state index in [0.29, 0.717) is 15.8 Å². The van der Waals surface area contributed by atoms with Crippen LogP contribution < -0.4 is 10.1 Å². The van der Waals surface area contributed by atoms with E-state index in [0.717, 1.165) is 48.5 Å². The number of likely N-dealkylation sites (N-methyl/N-ethyl adjacent to an activating group) is 1. The van der Waals surface area contributed by atoms with Crippen molar-refractivity contribution in [2.45, 2.75) is 19.5 Å². The van der Waals surface area contributed by atoms with Gasteiger partial charge in [0, 0.05) is 15.6 Å². The number of phenols is 1. The summed E-state index contributed by atoms with van der Waals surface area (Å²) in [7, 11) is 0. The molecule has 4 aromatic rings. The van der Waals surface area contributed by atoms with Gasteiger partial charge in [-0.1, -0.05) is 37.3 Å². The van der Waals surface area contributed by atoms with E-state index in [9.17, 15) is 23.1 Å². The number of benzene rings is 3. The van der Waals surface area contributed by atoms with Crippen molar-refractivity contribution in [3.8, 4) is 17.2 Å². The van der Waals surface area contributed by atoms with Gasteiger partial charge in [0.15, 0.2) is 5.75 Å². The highest BCUT2D eigenvalue weighted by atomic mass is 32.1. The Kier molecular flexibility index (Phi) is 6.90. The molecule has 1 aromatic heterocycles. The average Bonchev–Trinajstić information content (AvgIpc) is 3.16. The van der Waals surface area contributed by atoms with E-state index in [2.05, 4.69) is 5.32 Å². The monoisotopic (exact) mass is 485 g/mol. The lowest BCUT2D eigenvalue weighted by Gasteiger charge is -2.12. The van der Waals surface area contributed by atoms with Crippen LogP contribution >= 0.6 is 11.3 Å². The number of fused-ring (bicyclic) bond motifs is 1. The molecule has 0 aliphatic heterocycles. The van der Waals surface area contributed by atoms with Crippen molar-refractivity contribution in [2.24, 2.45) is 0 Å². The van der Waals surface area contributed by atoms with Crippen molar-refractivity contribution in [2.75, 3.05) is 13.1 Å². The molecule has 0 bridgehead atoms. The molecule has 0 atom stereocenters. The molecule has 2 N–H and O–H groups in total. The van der Waals surface area contributed by atoms with Crippen LogP contribution in [0.4, 0.5) is 13.2 Å². The third-order valence-electron chi connectivity index (χ3n) is 5.30. The molecule has 0 aliphatic carbocycles. The SMILES string of the molecule is CCNCCc1ccc(Oc2c(C(=O)c3ccccc3C(F)(F)F)sc3cc(O)ccc23)cc1. The number of aromatic hydroxyl groups is 1. The molecule has 8 heteroatoms. The Morgan fingerprint density at radius 3 is 2.50 bits per heavy atom. The summed E-state index contributed by atoms with van der Waals surface area (Å²) in [5.41, 5.74) is -0.352. The summed E-state index contributed by atoms with van der Waals surface area (Å²) in [6.45, 7) is 3.76. The topological polar surface area (TPSA) is 58.6 Å². The van der Waals surface area contributed by atoms with E-state index in [4.69, 9.17) is 4.74 Å². The molecule has 34 heavy (non-hydrogen) atoms. The van der Waals surface area contributed by atoms with Crippen LogP contribution in [0.3, 0.4) is 0 Å². The minimum Gasteiger partial charge on any atom is -0.508 e. The van der Waals surface area contributed by atoms with Gasteiger partial charge in [0.1, 0.15) is 16.4 Å². The van der Waals surface area contributed by atoms with Crippen molar-refractivity contribution in [1.82, 2.24) is 5.32 Å². The Morgan fingerprint density at radius 1 is 1.06 bits per heavy atom. The van der Waals surface area contributed by atoms with Gasteiger partial charge in [-0.15, -0.1) is 11.3 Å². The first-order chi connectivity index (χ1) is 16.3. The molecule has 0 aliphatic rings. The van der Waals surface area contributed by atoms with Crippen molar-refractivity contribution in [3.63, 3.8) is 0 Å². The van der Waals surface area contributed by atoms with E-state index >= 15 is 0 Å². The average molecular weight is 486 g/mol. The van der Waals surface area contributed by atoms with Crippen LogP contribution in [0.1, 0.15) is 33.3 Å². The number of rotatable bonds is 8. The van der Waals surface area contributed by atoms with Crippen molar-refractivity contribution < 1.29 is 27.8 Å². The number of ketones is 1. The maximum Gasteiger partial charge on any atom is 0.417 e. The predicted octanol–water partition coefficient (Wildman–Crippen LogP) is 6.80. The number of carbonyl (C=O) groups excluding carboxylic acids is 1. The molecule has 0 saturated carbocycles. The maximum atomic E-state index is 13.6. The van der Waals surface area contributed by atoms with Crippen LogP contribution in [-0.4, -0.2) is 24.0 Å². The van der Waals surface area contributed by atoms with Crippen LogP contribution in [0.5, 0.6) is 17.2 Å². The van der Waals surface area contributed by atoms with E-state index in [1.165, 1.54) is 24.3 Å². The second-order valence-electron chi connectivity index (χ2n) is 7.66. The number of halogens is 3. The second-order valence-corrected chi connectivity index (χ2v) is 8.72. The van der Waals surface area contributed by atoms with Gasteiger partial charge in [-0.3, -0.25) is 4.79 Å². The summed E-state index contributed by atoms with van der Waals surface area (Å²) in [4.78, 5) is 13.4. The van der Waals surface area contributed by atoms with Crippen molar-refractivity contribution in [1.29, 1.82) is 0 Å². The molecule has 3 aromatic carbocycles. The van der Waals surface area contributed by atoms with Gasteiger partial charge in [0.25, 0.3) is 0 Å². The maximum absolute atomic E-state index is 13.6. The van der Waals surface area contributed by atoms with Gasteiger partial charge in [-0.2, -0.15) is 13.2 Å². The van der Waals surface area contributed by atoms with E-state index in [1.54, 1.807) is 18.2 Å². The Bertz CT molecular complexity index is 1310. The molecule has 0 saturated heterocycles. The lowest BCUT2D eigenvalue weighted by Crippen LogP contribution is -2.15. The Labute approximate surface area is 198 Å². The van der Waals surface area contributed by atoms with E-state index in [1.807, 2.05) is 19.1 Å². The molecule has 4 nitrogen and oxygen atoms in total. The van der Waals surface area contributed by atoms with Crippen LogP contribution in [-0.2, 0) is 12.6 Å². The van der Waals surface area contributed by atoms with Gasteiger partial charge < -0.3 is 15.2 Å². The Hall–Kier alpha value is -3.36. The smallest absolute Gasteiger partial charge is 0.417 e. The zero-order valence-electron chi connectivity index (χ0n) is 18.3. The first kappa shape index (κ1) is 23.8. The van der Waals surface area contributed by atoms with Crippen LogP contribution in [0.15, 0.2) is 66.7 Å². The van der Waals surface area contributed by atoms with E-state index < -0.39 is 23.1 Å². The first-order valence-corrected chi connectivity index (χ1v) is 11.5. The third kappa shape index (κ3) is 5.08. The molecule has 0 amide bonds. The summed E-state index contributed by atoms with van der Waals surface area (Å²) in [6.07, 6.45) is -3.84. The molecule has 0 fully saturated rings. The first-order valence-electron chi connectivity index (χ1n) is 10.7. The largest absolute Gasteiger partial charge is 0.508 e. The van der Waals surface area contributed by atoms with Crippen molar-refractivity contribution in [3.05, 3.63) is 88.3 Å². The minimum absolute atomic E-state index is 0.0139. The van der Waals surface area contributed by atoms with Gasteiger partial charge in [-0.25, -0.2) is 0 Å². The lowest BCUT2D eigenvalue weighted by atomic mass is 10.0. The highest BCUT2D eigenvalue weighted by Crippen LogP contribution is 2.44. The summed E-state index contributed by atoms with van der Waals surface area (Å²) in [6, 6.07) is 16.6. The summed E-state index contributed by atoms with van der Waals surface area (Å²) >= 11 is 0.986. The van der Waals surface area contributed by atoms with Crippen LogP contribution in [0, 0.1) is 0 Å². The molecule has 0 radical (unpaired) electrons. The zero-order chi connectivity index (χ0) is 24.3. The van der Waals surface area contributed by atoms with Gasteiger partial charge in [0.2, 0.25) is 5.78 Å². The quantitative estimate of drug-likeness (QED) is 0.213. The van der Waals surface area contributed by atoms with Crippen LogP contribution in [0.25, 0.3) is 10.1 Å². The van der Waals surface area contributed by atoms with Crippen molar-refractivity contribution >= 4 is 27.2 Å². The number of hydrogen-bond acceptors (Lipinski definition) is 5. The fourth-order valence-electron chi connectivity index (χ4n) is 3.61. The number of hydrogen-bond donors (Lipinski definition) is 2. The normalized spacial score (nSPS) is 11.6. The summed E-state index contributed by atoms with van der Waals surface area (Å²) in [5, 5.41) is 13.7. The molecule has 0 spiro atoms. The van der Waals surface area contributed by atoms with Crippen LogP contribution in [0.2, 0.25) is 0 Å². The van der Waals surface area contributed by atoms with Gasteiger partial charge in [0.05, 0.1) is 5.56 Å². The standard InChI is InChI=1S/C26H22F3NO3S/c1-2-30-14-13-16-7-10-18(11-8-16)33-24-20-12-9-17(31)15-22(20)34-25(24)23(32)19-5-3-4-6-21(19)26(27,28)29/h3-12,15,30-31H,2,13-14H2,1H3. The molecule has 0 unspecified atom stereocenters. The molecular formula is C26H22F3NO3S. The fourth-order valence-corrected chi connectivity index (χ4v) is 4.73. The molecular weight excluding hydrogens is 463 g/mol. The number of ether oxygens (including phenoxy) is 1. The third-order valence-corrected chi connectivity index (χ3v) is 6.43. The molecule has 1 heterocycles. The lowest BCUT2D eigenvalue weighted by molar-refractivity contribution is -0.137. The number of alkyl halides is 3. The Balaban J connectivity index is 1.74. The highest BCUT2D eigenvalue weighted by Gasteiger charge is 2.36. The number of nitrogens with one attached hydrogen (secondary N) is 1. The Morgan fingerprint density at radius 2 is 1.79 bits per heavy atom. The summed E-state index contributed by atoms with van der Waals surface area (Å²) < 4.78 is 47.3. The number of phenolic OH excluding ortho intramolecular Hbond substituents is 1.